The number of hydrogen-bond acceptors (Lipinski definition) is 3. The van der Waals surface area contributed by atoms with Gasteiger partial charge in [-0.3, -0.25) is 0 Å². The predicted octanol–water partition coefficient (Wildman–Crippen LogP) is 1.34. The molecule has 0 amide bonds. The average molecular weight is 181 g/mol. The Kier molecular flexibility index (Phi) is 3.28. The third-order valence-corrected chi connectivity index (χ3v) is 1.84. The first kappa shape index (κ1) is 10.0. The highest BCUT2D eigenvalue weighted by atomic mass is 16.5. The summed E-state index contributed by atoms with van der Waals surface area (Å²) in [6, 6.07) is 5.42. The maximum atomic E-state index is 9.11. The molecular weight excluding hydrogens is 166 g/mol. The minimum absolute atomic E-state index is 0.644. The Morgan fingerprint density at radius 2 is 2.23 bits per heavy atom. The minimum atomic E-state index is -0.908. The Bertz CT molecular complexity index is 284. The quantitative estimate of drug-likeness (QED) is 0.692. The van der Waals surface area contributed by atoms with Crippen LogP contribution >= 0.6 is 0 Å². The van der Waals surface area contributed by atoms with E-state index in [4.69, 9.17) is 15.6 Å². The molecule has 1 unspecified atom stereocenters. The number of aliphatic hydroxyl groups excluding tert-OH is 1. The largest absolute Gasteiger partial charge is 0.494 e. The molecule has 0 fully saturated rings. The lowest BCUT2D eigenvalue weighted by Crippen LogP contribution is -2.08. The fourth-order valence-corrected chi connectivity index (χ4v) is 1.17. The molecule has 0 saturated heterocycles. The van der Waals surface area contributed by atoms with Crippen molar-refractivity contribution >= 4 is 0 Å². The lowest BCUT2D eigenvalue weighted by Gasteiger charge is -2.10. The lowest BCUT2D eigenvalue weighted by atomic mass is 10.1. The zero-order valence-corrected chi connectivity index (χ0v) is 7.95. The van der Waals surface area contributed by atoms with Gasteiger partial charge in [-0.25, -0.2) is 0 Å². The first-order valence-electron chi connectivity index (χ1n) is 4.32. The monoisotopic (exact) mass is 181 g/mol. The maximum Gasteiger partial charge on any atom is 0.128 e. The summed E-state index contributed by atoms with van der Waals surface area (Å²) >= 11 is 0. The van der Waals surface area contributed by atoms with E-state index in [1.807, 2.05) is 26.0 Å². The molecule has 1 atom stereocenters. The summed E-state index contributed by atoms with van der Waals surface area (Å²) in [5.74, 6) is 0.840. The summed E-state index contributed by atoms with van der Waals surface area (Å²) in [6.45, 7) is 4.51. The molecule has 0 radical (unpaired) electrons. The van der Waals surface area contributed by atoms with Crippen LogP contribution in [0.15, 0.2) is 18.2 Å². The topological polar surface area (TPSA) is 55.5 Å². The normalized spacial score (nSPS) is 12.6. The second-order valence-electron chi connectivity index (χ2n) is 2.90. The van der Waals surface area contributed by atoms with Gasteiger partial charge >= 0.3 is 0 Å². The molecule has 13 heavy (non-hydrogen) atoms. The smallest absolute Gasteiger partial charge is 0.128 e. The van der Waals surface area contributed by atoms with Crippen LogP contribution in [0.25, 0.3) is 0 Å². The number of nitrogens with two attached hydrogens (primary N) is 1. The summed E-state index contributed by atoms with van der Waals surface area (Å²) in [5, 5.41) is 9.11. The molecule has 72 valence electrons. The number of rotatable bonds is 3. The van der Waals surface area contributed by atoms with Gasteiger partial charge < -0.3 is 15.6 Å². The van der Waals surface area contributed by atoms with Crippen molar-refractivity contribution in [3.05, 3.63) is 29.3 Å². The van der Waals surface area contributed by atoms with Crippen molar-refractivity contribution in [3.63, 3.8) is 0 Å². The van der Waals surface area contributed by atoms with Crippen LogP contribution in [-0.2, 0) is 0 Å². The van der Waals surface area contributed by atoms with Gasteiger partial charge in [0.05, 0.1) is 6.61 Å². The van der Waals surface area contributed by atoms with Gasteiger partial charge in [0.15, 0.2) is 0 Å². The van der Waals surface area contributed by atoms with E-state index in [0.717, 1.165) is 11.3 Å². The van der Waals surface area contributed by atoms with Gasteiger partial charge in [0.25, 0.3) is 0 Å². The molecule has 0 aliphatic carbocycles. The summed E-state index contributed by atoms with van der Waals surface area (Å²) < 4.78 is 5.35. The Balaban J connectivity index is 2.92. The van der Waals surface area contributed by atoms with Crippen LogP contribution in [0.5, 0.6) is 5.75 Å². The molecule has 1 aromatic rings. The number of aliphatic hydroxyl groups is 1. The maximum absolute atomic E-state index is 9.11. The molecule has 1 rings (SSSR count). The van der Waals surface area contributed by atoms with Crippen molar-refractivity contribution in [2.45, 2.75) is 20.1 Å². The van der Waals surface area contributed by atoms with Crippen LogP contribution in [0.1, 0.15) is 24.3 Å². The van der Waals surface area contributed by atoms with Crippen LogP contribution in [0.2, 0.25) is 0 Å². The van der Waals surface area contributed by atoms with Crippen molar-refractivity contribution < 1.29 is 9.84 Å². The SMILES string of the molecule is CCOc1ccc(C(N)O)cc1C. The molecule has 3 N–H and O–H groups in total. The van der Waals surface area contributed by atoms with Gasteiger partial charge in [-0.05, 0) is 37.1 Å². The molecular formula is C10H15NO2. The van der Waals surface area contributed by atoms with Crippen LogP contribution in [0.3, 0.4) is 0 Å². The lowest BCUT2D eigenvalue weighted by molar-refractivity contribution is 0.186. The number of hydrogen-bond donors (Lipinski definition) is 2. The minimum Gasteiger partial charge on any atom is -0.494 e. The van der Waals surface area contributed by atoms with E-state index >= 15 is 0 Å². The zero-order valence-electron chi connectivity index (χ0n) is 7.95. The molecule has 1 aromatic carbocycles. The molecule has 0 aromatic heterocycles. The standard InChI is InChI=1S/C10H15NO2/c1-3-13-9-5-4-8(10(11)12)6-7(9)2/h4-6,10,12H,3,11H2,1-2H3. The van der Waals surface area contributed by atoms with E-state index < -0.39 is 6.23 Å². The fourth-order valence-electron chi connectivity index (χ4n) is 1.17. The van der Waals surface area contributed by atoms with Crippen LogP contribution in [-0.4, -0.2) is 11.7 Å². The third kappa shape index (κ3) is 2.44. The Labute approximate surface area is 78.1 Å². The molecule has 0 aliphatic heterocycles. The zero-order chi connectivity index (χ0) is 9.84. The van der Waals surface area contributed by atoms with Crippen molar-refractivity contribution in [2.75, 3.05) is 6.61 Å². The number of aryl methyl sites for hydroxylation is 1. The summed E-state index contributed by atoms with van der Waals surface area (Å²) in [7, 11) is 0. The molecule has 3 nitrogen and oxygen atoms in total. The van der Waals surface area contributed by atoms with Gasteiger partial charge in [0.2, 0.25) is 0 Å². The van der Waals surface area contributed by atoms with Gasteiger partial charge in [0, 0.05) is 0 Å². The number of benzene rings is 1. The summed E-state index contributed by atoms with van der Waals surface area (Å²) in [6.07, 6.45) is -0.908. The van der Waals surface area contributed by atoms with E-state index in [1.165, 1.54) is 0 Å². The van der Waals surface area contributed by atoms with Crippen LogP contribution < -0.4 is 10.5 Å². The second kappa shape index (κ2) is 4.25. The third-order valence-electron chi connectivity index (χ3n) is 1.84. The summed E-state index contributed by atoms with van der Waals surface area (Å²) in [5.41, 5.74) is 7.02. The molecule has 3 heteroatoms. The highest BCUT2D eigenvalue weighted by Gasteiger charge is 2.04. The van der Waals surface area contributed by atoms with Gasteiger partial charge in [-0.2, -0.15) is 0 Å². The van der Waals surface area contributed by atoms with Crippen molar-refractivity contribution in [1.29, 1.82) is 0 Å². The second-order valence-corrected chi connectivity index (χ2v) is 2.90. The molecule has 0 heterocycles. The first-order valence-corrected chi connectivity index (χ1v) is 4.32. The first-order chi connectivity index (χ1) is 6.15. The van der Waals surface area contributed by atoms with E-state index in [2.05, 4.69) is 0 Å². The molecule has 0 bridgehead atoms. The van der Waals surface area contributed by atoms with E-state index in [9.17, 15) is 0 Å². The fraction of sp³-hybridized carbons (Fsp3) is 0.400. The highest BCUT2D eigenvalue weighted by molar-refractivity contribution is 5.36. The molecule has 0 saturated carbocycles. The predicted molar refractivity (Wildman–Crippen MR) is 51.5 cm³/mol. The Morgan fingerprint density at radius 1 is 1.54 bits per heavy atom. The van der Waals surface area contributed by atoms with Crippen molar-refractivity contribution in [3.8, 4) is 5.75 Å². The van der Waals surface area contributed by atoms with Gasteiger partial charge in [-0.1, -0.05) is 6.07 Å². The van der Waals surface area contributed by atoms with Gasteiger partial charge in [-0.15, -0.1) is 0 Å². The Hall–Kier alpha value is -1.06. The number of ether oxygens (including phenoxy) is 1. The van der Waals surface area contributed by atoms with E-state index in [0.29, 0.717) is 12.2 Å². The van der Waals surface area contributed by atoms with E-state index in [1.54, 1.807) is 6.07 Å². The van der Waals surface area contributed by atoms with Crippen LogP contribution in [0.4, 0.5) is 0 Å². The van der Waals surface area contributed by atoms with E-state index in [-0.39, 0.29) is 0 Å². The van der Waals surface area contributed by atoms with Crippen molar-refractivity contribution in [2.24, 2.45) is 5.73 Å². The van der Waals surface area contributed by atoms with Crippen molar-refractivity contribution in [1.82, 2.24) is 0 Å². The molecule has 0 aliphatic rings. The summed E-state index contributed by atoms with van der Waals surface area (Å²) in [4.78, 5) is 0. The van der Waals surface area contributed by atoms with Crippen LogP contribution in [0, 0.1) is 6.92 Å². The molecule has 0 spiro atoms. The Morgan fingerprint density at radius 3 is 2.69 bits per heavy atom. The van der Waals surface area contributed by atoms with Gasteiger partial charge in [0.1, 0.15) is 12.0 Å². The highest BCUT2D eigenvalue weighted by Crippen LogP contribution is 2.20. The average Bonchev–Trinajstić information content (AvgIpc) is 2.08.